The summed E-state index contributed by atoms with van der Waals surface area (Å²) in [7, 11) is 1.77. The van der Waals surface area contributed by atoms with Crippen LogP contribution in [0.1, 0.15) is 34.1 Å². The first-order valence-electron chi connectivity index (χ1n) is 6.22. The third-order valence-electron chi connectivity index (χ3n) is 3.54. The fourth-order valence-electron chi connectivity index (χ4n) is 2.56. The molecule has 98 valence electrons. The molecule has 1 heterocycles. The lowest BCUT2D eigenvalue weighted by atomic mass is 10.1. The highest BCUT2D eigenvalue weighted by Gasteiger charge is 2.25. The molecule has 1 N–H and O–H groups in total. The van der Waals surface area contributed by atoms with Crippen LogP contribution in [0.3, 0.4) is 0 Å². The minimum atomic E-state index is -0.0687. The van der Waals surface area contributed by atoms with Gasteiger partial charge in [0.2, 0.25) is 0 Å². The van der Waals surface area contributed by atoms with Crippen LogP contribution in [0.2, 0.25) is 0 Å². The quantitative estimate of drug-likeness (QED) is 0.924. The molecule has 0 spiro atoms. The second-order valence-electron chi connectivity index (χ2n) is 4.75. The molecule has 0 bridgehead atoms. The van der Waals surface area contributed by atoms with E-state index in [1.54, 1.807) is 24.0 Å². The van der Waals surface area contributed by atoms with Crippen molar-refractivity contribution in [1.82, 2.24) is 15.1 Å². The summed E-state index contributed by atoms with van der Waals surface area (Å²) in [5, 5.41) is 7.10. The minimum absolute atomic E-state index is 0.0687. The van der Waals surface area contributed by atoms with Gasteiger partial charge in [-0.1, -0.05) is 22.0 Å². The number of hydrogen-bond donors (Lipinski definition) is 1. The minimum Gasteiger partial charge on any atom is -0.344 e. The number of nitrogens with one attached hydrogen (secondary N) is 1. The summed E-state index contributed by atoms with van der Waals surface area (Å²) in [6, 6.07) is 8.07. The Labute approximate surface area is 119 Å². The standard InChI is InChI=1S/C14H14BrN3O/c1-18-13(6-7-16-18)14(19)17-12-5-2-9-8-10(15)3-4-11(9)12/h3-4,6-8,12H,2,5H2,1H3,(H,17,19)/t12-/m1/s1. The van der Waals surface area contributed by atoms with Crippen molar-refractivity contribution in [2.24, 2.45) is 7.05 Å². The number of fused-ring (bicyclic) bond motifs is 1. The monoisotopic (exact) mass is 319 g/mol. The average Bonchev–Trinajstić information content (AvgIpc) is 2.96. The molecule has 2 aromatic rings. The van der Waals surface area contributed by atoms with E-state index in [0.717, 1.165) is 17.3 Å². The number of amides is 1. The molecule has 3 rings (SSSR count). The Morgan fingerprint density at radius 2 is 2.32 bits per heavy atom. The number of nitrogens with zero attached hydrogens (tertiary/aromatic N) is 2. The van der Waals surface area contributed by atoms with Crippen molar-refractivity contribution in [3.63, 3.8) is 0 Å². The summed E-state index contributed by atoms with van der Waals surface area (Å²) >= 11 is 3.48. The van der Waals surface area contributed by atoms with Gasteiger partial charge < -0.3 is 5.32 Å². The smallest absolute Gasteiger partial charge is 0.270 e. The van der Waals surface area contributed by atoms with Crippen LogP contribution in [0.25, 0.3) is 0 Å². The van der Waals surface area contributed by atoms with Crippen molar-refractivity contribution in [3.8, 4) is 0 Å². The van der Waals surface area contributed by atoms with Gasteiger partial charge in [-0.2, -0.15) is 5.10 Å². The van der Waals surface area contributed by atoms with Gasteiger partial charge in [-0.3, -0.25) is 9.48 Å². The zero-order valence-electron chi connectivity index (χ0n) is 10.6. The molecule has 19 heavy (non-hydrogen) atoms. The van der Waals surface area contributed by atoms with Gasteiger partial charge in [-0.25, -0.2) is 0 Å². The molecule has 1 aliphatic carbocycles. The highest BCUT2D eigenvalue weighted by atomic mass is 79.9. The number of carbonyl (C=O) groups is 1. The molecule has 1 aliphatic rings. The summed E-state index contributed by atoms with van der Waals surface area (Å²) < 4.78 is 2.68. The Morgan fingerprint density at radius 1 is 1.47 bits per heavy atom. The maximum Gasteiger partial charge on any atom is 0.270 e. The predicted molar refractivity (Wildman–Crippen MR) is 75.9 cm³/mol. The Kier molecular flexibility index (Phi) is 3.14. The van der Waals surface area contributed by atoms with Crippen LogP contribution in [-0.4, -0.2) is 15.7 Å². The van der Waals surface area contributed by atoms with E-state index in [1.165, 1.54) is 11.1 Å². The Hall–Kier alpha value is -1.62. The first-order chi connectivity index (χ1) is 9.15. The maximum atomic E-state index is 12.2. The van der Waals surface area contributed by atoms with E-state index < -0.39 is 0 Å². The van der Waals surface area contributed by atoms with Crippen molar-refractivity contribution in [3.05, 3.63) is 51.8 Å². The summed E-state index contributed by atoms with van der Waals surface area (Å²) in [5.74, 6) is -0.0687. The zero-order valence-corrected chi connectivity index (χ0v) is 12.1. The van der Waals surface area contributed by atoms with Gasteiger partial charge in [0.05, 0.1) is 6.04 Å². The van der Waals surface area contributed by atoms with Gasteiger partial charge in [0.1, 0.15) is 5.69 Å². The molecule has 4 nitrogen and oxygen atoms in total. The van der Waals surface area contributed by atoms with Gasteiger partial charge in [-0.15, -0.1) is 0 Å². The van der Waals surface area contributed by atoms with Gasteiger partial charge >= 0.3 is 0 Å². The first kappa shape index (κ1) is 12.4. The SMILES string of the molecule is Cn1nccc1C(=O)N[C@@H]1CCc2cc(Br)ccc21. The molecule has 1 aromatic heterocycles. The maximum absolute atomic E-state index is 12.2. The number of hydrogen-bond acceptors (Lipinski definition) is 2. The lowest BCUT2D eigenvalue weighted by molar-refractivity contribution is 0.0927. The Morgan fingerprint density at radius 3 is 3.05 bits per heavy atom. The molecule has 1 atom stereocenters. The summed E-state index contributed by atoms with van der Waals surface area (Å²) in [5.41, 5.74) is 3.12. The van der Waals surface area contributed by atoms with Crippen LogP contribution in [0.4, 0.5) is 0 Å². The fourth-order valence-corrected chi connectivity index (χ4v) is 2.97. The van der Waals surface area contributed by atoms with Crippen molar-refractivity contribution < 1.29 is 4.79 Å². The third kappa shape index (κ3) is 2.30. The van der Waals surface area contributed by atoms with Crippen molar-refractivity contribution in [2.45, 2.75) is 18.9 Å². The molecule has 0 radical (unpaired) electrons. The van der Waals surface area contributed by atoms with Gasteiger partial charge in [-0.05, 0) is 42.2 Å². The van der Waals surface area contributed by atoms with Crippen molar-refractivity contribution in [2.75, 3.05) is 0 Å². The molecule has 0 fully saturated rings. The number of benzene rings is 1. The van der Waals surface area contributed by atoms with E-state index in [1.807, 2.05) is 6.07 Å². The molecular formula is C14H14BrN3O. The zero-order chi connectivity index (χ0) is 13.4. The van der Waals surface area contributed by atoms with Crippen LogP contribution in [0.5, 0.6) is 0 Å². The normalized spacial score (nSPS) is 17.3. The highest BCUT2D eigenvalue weighted by Crippen LogP contribution is 2.33. The molecular weight excluding hydrogens is 306 g/mol. The van der Waals surface area contributed by atoms with E-state index in [-0.39, 0.29) is 11.9 Å². The van der Waals surface area contributed by atoms with Crippen molar-refractivity contribution >= 4 is 21.8 Å². The number of halogens is 1. The van der Waals surface area contributed by atoms with E-state index in [2.05, 4.69) is 38.5 Å². The summed E-state index contributed by atoms with van der Waals surface area (Å²) in [4.78, 5) is 12.2. The van der Waals surface area contributed by atoms with Crippen LogP contribution in [-0.2, 0) is 13.5 Å². The first-order valence-corrected chi connectivity index (χ1v) is 7.01. The van der Waals surface area contributed by atoms with E-state index >= 15 is 0 Å². The average molecular weight is 320 g/mol. The van der Waals surface area contributed by atoms with E-state index in [9.17, 15) is 4.79 Å². The molecule has 5 heteroatoms. The molecule has 0 unspecified atom stereocenters. The molecule has 0 aliphatic heterocycles. The fraction of sp³-hybridized carbons (Fsp3) is 0.286. The molecule has 0 saturated carbocycles. The third-order valence-corrected chi connectivity index (χ3v) is 4.03. The predicted octanol–water partition coefficient (Wildman–Crippen LogP) is 2.60. The number of carbonyl (C=O) groups excluding carboxylic acids is 1. The van der Waals surface area contributed by atoms with E-state index in [0.29, 0.717) is 5.69 Å². The van der Waals surface area contributed by atoms with Crippen LogP contribution < -0.4 is 5.32 Å². The molecule has 1 amide bonds. The summed E-state index contributed by atoms with van der Waals surface area (Å²) in [6.07, 6.45) is 3.59. The van der Waals surface area contributed by atoms with E-state index in [4.69, 9.17) is 0 Å². The number of aromatic nitrogens is 2. The van der Waals surface area contributed by atoms with Crippen LogP contribution in [0, 0.1) is 0 Å². The lowest BCUT2D eigenvalue weighted by Gasteiger charge is -2.14. The van der Waals surface area contributed by atoms with Gasteiger partial charge in [0.25, 0.3) is 5.91 Å². The highest BCUT2D eigenvalue weighted by molar-refractivity contribution is 9.10. The van der Waals surface area contributed by atoms with Gasteiger partial charge in [0, 0.05) is 17.7 Å². The summed E-state index contributed by atoms with van der Waals surface area (Å²) in [6.45, 7) is 0. The number of aryl methyl sites for hydroxylation is 2. The topological polar surface area (TPSA) is 46.9 Å². The largest absolute Gasteiger partial charge is 0.344 e. The van der Waals surface area contributed by atoms with Crippen LogP contribution >= 0.6 is 15.9 Å². The van der Waals surface area contributed by atoms with Crippen molar-refractivity contribution in [1.29, 1.82) is 0 Å². The second-order valence-corrected chi connectivity index (χ2v) is 5.66. The molecule has 0 saturated heterocycles. The number of rotatable bonds is 2. The lowest BCUT2D eigenvalue weighted by Crippen LogP contribution is -2.28. The Balaban J connectivity index is 1.80. The van der Waals surface area contributed by atoms with Gasteiger partial charge in [0.15, 0.2) is 0 Å². The Bertz CT molecular complexity index is 635. The molecule has 1 aromatic carbocycles. The second kappa shape index (κ2) is 4.81. The van der Waals surface area contributed by atoms with Crippen LogP contribution in [0.15, 0.2) is 34.9 Å².